The zero-order valence-electron chi connectivity index (χ0n) is 16.9. The van der Waals surface area contributed by atoms with E-state index in [2.05, 4.69) is 13.0 Å². The summed E-state index contributed by atoms with van der Waals surface area (Å²) >= 11 is 5.75. The molecule has 1 fully saturated rings. The number of rotatable bonds is 5. The van der Waals surface area contributed by atoms with Crippen LogP contribution >= 0.6 is 11.6 Å². The van der Waals surface area contributed by atoms with Crippen LogP contribution in [0.15, 0.2) is 48.5 Å². The highest BCUT2D eigenvalue weighted by atomic mass is 35.5. The predicted molar refractivity (Wildman–Crippen MR) is 118 cm³/mol. The van der Waals surface area contributed by atoms with Gasteiger partial charge in [-0.3, -0.25) is 0 Å². The van der Waals surface area contributed by atoms with Crippen LogP contribution in [0.2, 0.25) is 5.02 Å². The quantitative estimate of drug-likeness (QED) is 0.393. The molecule has 1 saturated carbocycles. The third kappa shape index (κ3) is 4.48. The van der Waals surface area contributed by atoms with Crippen molar-refractivity contribution in [3.05, 3.63) is 70.8 Å². The molecule has 0 saturated heterocycles. The van der Waals surface area contributed by atoms with E-state index < -0.39 is 5.82 Å². The van der Waals surface area contributed by atoms with Crippen LogP contribution in [0, 0.1) is 23.5 Å². The van der Waals surface area contributed by atoms with Gasteiger partial charge in [0.25, 0.3) is 0 Å². The fraction of sp³-hybridized carbons (Fsp3) is 0.385. The molecule has 0 radical (unpaired) electrons. The largest absolute Gasteiger partial charge is 0.206 e. The van der Waals surface area contributed by atoms with Crippen LogP contribution in [0.5, 0.6) is 0 Å². The molecule has 4 rings (SSSR count). The topological polar surface area (TPSA) is 0 Å². The molecule has 1 aliphatic rings. The average Bonchev–Trinajstić information content (AvgIpc) is 2.75. The molecular weight excluding hydrogens is 386 g/mol. The highest BCUT2D eigenvalue weighted by Gasteiger charge is 2.19. The maximum atomic E-state index is 15.1. The molecule has 0 N–H and O–H groups in total. The summed E-state index contributed by atoms with van der Waals surface area (Å²) in [6, 6.07) is 14.1. The monoisotopic (exact) mass is 412 g/mol. The lowest BCUT2D eigenvalue weighted by Gasteiger charge is -2.27. The average molecular weight is 413 g/mol. The van der Waals surface area contributed by atoms with E-state index >= 15 is 4.39 Å². The zero-order chi connectivity index (χ0) is 20.4. The molecule has 0 unspecified atom stereocenters. The molecule has 0 atom stereocenters. The molecule has 0 spiro atoms. The summed E-state index contributed by atoms with van der Waals surface area (Å²) in [6.07, 6.45) is 9.02. The lowest BCUT2D eigenvalue weighted by molar-refractivity contribution is 0.259. The Bertz CT molecular complexity index is 1000. The minimum absolute atomic E-state index is 0.0442. The molecule has 0 nitrogen and oxygen atoms in total. The van der Waals surface area contributed by atoms with Crippen LogP contribution < -0.4 is 0 Å². The van der Waals surface area contributed by atoms with Gasteiger partial charge in [-0.2, -0.15) is 0 Å². The lowest BCUT2D eigenvalue weighted by Crippen LogP contribution is -2.14. The van der Waals surface area contributed by atoms with Gasteiger partial charge in [0.1, 0.15) is 11.6 Å². The highest BCUT2D eigenvalue weighted by molar-refractivity contribution is 6.30. The lowest BCUT2D eigenvalue weighted by atomic mass is 9.78. The number of halogens is 3. The third-order valence-corrected chi connectivity index (χ3v) is 6.94. The number of hydrogen-bond acceptors (Lipinski definition) is 0. The Morgan fingerprint density at radius 1 is 0.897 bits per heavy atom. The van der Waals surface area contributed by atoms with Crippen molar-refractivity contribution in [1.29, 1.82) is 0 Å². The predicted octanol–water partition coefficient (Wildman–Crippen LogP) is 8.59. The Balaban J connectivity index is 1.51. The van der Waals surface area contributed by atoms with Crippen LogP contribution in [0.3, 0.4) is 0 Å². The van der Waals surface area contributed by atoms with Crippen LogP contribution in [0.1, 0.15) is 51.0 Å². The fourth-order valence-electron chi connectivity index (χ4n) is 4.68. The molecule has 0 heterocycles. The van der Waals surface area contributed by atoms with E-state index in [0.717, 1.165) is 23.6 Å². The van der Waals surface area contributed by atoms with Gasteiger partial charge in [-0.15, -0.1) is 0 Å². The first-order valence-electron chi connectivity index (χ1n) is 10.7. The van der Waals surface area contributed by atoms with Crippen molar-refractivity contribution < 1.29 is 8.78 Å². The van der Waals surface area contributed by atoms with Gasteiger partial charge in [0.15, 0.2) is 0 Å². The van der Waals surface area contributed by atoms with Crippen molar-refractivity contribution in [3.8, 4) is 11.1 Å². The molecule has 1 aliphatic carbocycles. The molecule has 3 aromatic rings. The second-order valence-corrected chi connectivity index (χ2v) is 8.85. The van der Waals surface area contributed by atoms with E-state index in [-0.39, 0.29) is 10.8 Å². The van der Waals surface area contributed by atoms with Gasteiger partial charge in [-0.05, 0) is 53.3 Å². The van der Waals surface area contributed by atoms with Crippen molar-refractivity contribution in [2.75, 3.05) is 0 Å². The van der Waals surface area contributed by atoms with Crippen LogP contribution in [-0.2, 0) is 6.42 Å². The summed E-state index contributed by atoms with van der Waals surface area (Å²) in [7, 11) is 0. The van der Waals surface area contributed by atoms with Crippen molar-refractivity contribution in [1.82, 2.24) is 0 Å². The first-order valence-corrected chi connectivity index (χ1v) is 11.1. The Kier molecular flexibility index (Phi) is 6.20. The maximum absolute atomic E-state index is 15.1. The normalized spacial score (nSPS) is 19.6. The second-order valence-electron chi connectivity index (χ2n) is 8.45. The maximum Gasteiger partial charge on any atom is 0.142 e. The Morgan fingerprint density at radius 3 is 2.38 bits per heavy atom. The van der Waals surface area contributed by atoms with Gasteiger partial charge < -0.3 is 0 Å². The SMILES string of the molecule is CC[C@H]1CC[C@H](CCc2ccc3c(F)c(-c4ccc(Cl)c(F)c4)ccc3c2)CC1. The van der Waals surface area contributed by atoms with Gasteiger partial charge >= 0.3 is 0 Å². The standard InChI is InChI=1S/C26H27ClF2/c1-2-17-3-5-18(6-4-17)7-8-19-9-12-22-20(15-19)10-13-23(26(22)29)21-11-14-24(27)25(28)16-21/h9-18H,2-8H2,1H3/t17-,18-. The number of fused-ring (bicyclic) bond motifs is 1. The first kappa shape index (κ1) is 20.3. The summed E-state index contributed by atoms with van der Waals surface area (Å²) in [6.45, 7) is 2.30. The van der Waals surface area contributed by atoms with Crippen molar-refractivity contribution in [3.63, 3.8) is 0 Å². The van der Waals surface area contributed by atoms with Crippen LogP contribution in [0.25, 0.3) is 21.9 Å². The second kappa shape index (κ2) is 8.83. The van der Waals surface area contributed by atoms with E-state index in [1.54, 1.807) is 12.1 Å². The molecule has 0 bridgehead atoms. The highest BCUT2D eigenvalue weighted by Crippen LogP contribution is 2.34. The van der Waals surface area contributed by atoms with Crippen molar-refractivity contribution in [2.45, 2.75) is 51.9 Å². The third-order valence-electron chi connectivity index (χ3n) is 6.63. The smallest absolute Gasteiger partial charge is 0.142 e. The zero-order valence-corrected chi connectivity index (χ0v) is 17.6. The Hall–Kier alpha value is -1.93. The van der Waals surface area contributed by atoms with Gasteiger partial charge in [0.2, 0.25) is 0 Å². The van der Waals surface area contributed by atoms with E-state index in [9.17, 15) is 4.39 Å². The Morgan fingerprint density at radius 2 is 1.66 bits per heavy atom. The number of hydrogen-bond donors (Lipinski definition) is 0. The van der Waals surface area contributed by atoms with Crippen molar-refractivity contribution >= 4 is 22.4 Å². The van der Waals surface area contributed by atoms with Crippen LogP contribution in [-0.4, -0.2) is 0 Å². The first-order chi connectivity index (χ1) is 14.0. The Labute approximate surface area is 176 Å². The van der Waals surface area contributed by atoms with Crippen molar-refractivity contribution in [2.24, 2.45) is 11.8 Å². The molecule has 3 heteroatoms. The van der Waals surface area contributed by atoms with E-state index in [4.69, 9.17) is 11.6 Å². The number of aryl methyl sites for hydroxylation is 1. The molecule has 3 aromatic carbocycles. The summed E-state index contributed by atoms with van der Waals surface area (Å²) in [4.78, 5) is 0. The van der Waals surface area contributed by atoms with Gasteiger partial charge in [-0.25, -0.2) is 8.78 Å². The minimum Gasteiger partial charge on any atom is -0.206 e. The van der Waals surface area contributed by atoms with E-state index in [0.29, 0.717) is 16.5 Å². The fourth-order valence-corrected chi connectivity index (χ4v) is 4.80. The van der Waals surface area contributed by atoms with E-state index in [1.165, 1.54) is 56.2 Å². The van der Waals surface area contributed by atoms with Gasteiger partial charge in [0, 0.05) is 10.9 Å². The molecule has 0 amide bonds. The summed E-state index contributed by atoms with van der Waals surface area (Å²) in [5.74, 6) is 0.909. The molecule has 152 valence electrons. The molecule has 29 heavy (non-hydrogen) atoms. The summed E-state index contributed by atoms with van der Waals surface area (Å²) in [5, 5.41) is 1.51. The minimum atomic E-state index is -0.535. The van der Waals surface area contributed by atoms with E-state index in [1.807, 2.05) is 18.2 Å². The molecule has 0 aliphatic heterocycles. The molecule has 0 aromatic heterocycles. The molecular formula is C26H27ClF2. The van der Waals surface area contributed by atoms with Crippen LogP contribution in [0.4, 0.5) is 8.78 Å². The van der Waals surface area contributed by atoms with Gasteiger partial charge in [0.05, 0.1) is 5.02 Å². The number of benzene rings is 3. The summed E-state index contributed by atoms with van der Waals surface area (Å²) < 4.78 is 28.9. The van der Waals surface area contributed by atoms with Gasteiger partial charge in [-0.1, -0.05) is 87.0 Å². The summed E-state index contributed by atoms with van der Waals surface area (Å²) in [5.41, 5.74) is 2.16.